The average Bonchev–Trinajstić information content (AvgIpc) is 3.17. The summed E-state index contributed by atoms with van der Waals surface area (Å²) in [6.07, 6.45) is 4.05. The van der Waals surface area contributed by atoms with E-state index < -0.39 is 0 Å². The molecule has 0 spiro atoms. The zero-order chi connectivity index (χ0) is 19.3. The van der Waals surface area contributed by atoms with Gasteiger partial charge in [-0.1, -0.05) is 0 Å². The molecule has 0 saturated heterocycles. The van der Waals surface area contributed by atoms with Gasteiger partial charge in [0, 0.05) is 32.5 Å². The standard InChI is InChI=1S/C20H31N5O2/c1-4-21-20(22-13-6-7-15-27-5-2)23-16-17-12-14-25(24-17)18-8-10-19(26-3)11-9-18/h8-12,14H,4-7,13,15-16H2,1-3H3,(H2,21,22,23). The molecular formula is C20H31N5O2. The molecule has 7 heteroatoms. The molecule has 1 aromatic carbocycles. The number of unbranched alkanes of at least 4 members (excludes halogenated alkanes) is 1. The maximum atomic E-state index is 5.35. The van der Waals surface area contributed by atoms with Crippen molar-refractivity contribution in [3.63, 3.8) is 0 Å². The van der Waals surface area contributed by atoms with Crippen LogP contribution in [0.15, 0.2) is 41.5 Å². The number of rotatable bonds is 11. The molecule has 0 radical (unpaired) electrons. The molecule has 2 aromatic rings. The third-order valence-electron chi connectivity index (χ3n) is 3.94. The van der Waals surface area contributed by atoms with E-state index in [1.165, 1.54) is 0 Å². The summed E-state index contributed by atoms with van der Waals surface area (Å²) in [7, 11) is 1.66. The van der Waals surface area contributed by atoms with Crippen LogP contribution >= 0.6 is 0 Å². The Kier molecular flexibility index (Phi) is 9.20. The van der Waals surface area contributed by atoms with Crippen molar-refractivity contribution < 1.29 is 9.47 Å². The number of hydrogen-bond donors (Lipinski definition) is 2. The molecule has 0 aliphatic heterocycles. The number of nitrogens with zero attached hydrogens (tertiary/aromatic N) is 3. The van der Waals surface area contributed by atoms with Crippen molar-refractivity contribution >= 4 is 5.96 Å². The van der Waals surface area contributed by atoms with E-state index in [1.54, 1.807) is 7.11 Å². The molecule has 0 aliphatic carbocycles. The number of benzene rings is 1. The van der Waals surface area contributed by atoms with Crippen LogP contribution in [0, 0.1) is 0 Å². The summed E-state index contributed by atoms with van der Waals surface area (Å²) < 4.78 is 12.4. The van der Waals surface area contributed by atoms with Crippen molar-refractivity contribution in [2.45, 2.75) is 33.2 Å². The number of guanidine groups is 1. The first-order chi connectivity index (χ1) is 13.3. The Bertz CT molecular complexity index is 682. The molecule has 0 aliphatic rings. The normalized spacial score (nSPS) is 11.4. The maximum absolute atomic E-state index is 5.35. The van der Waals surface area contributed by atoms with Gasteiger partial charge in [-0.2, -0.15) is 5.10 Å². The highest BCUT2D eigenvalue weighted by atomic mass is 16.5. The number of aliphatic imine (C=N–C) groups is 1. The van der Waals surface area contributed by atoms with Gasteiger partial charge in [-0.3, -0.25) is 0 Å². The van der Waals surface area contributed by atoms with Crippen LogP contribution in [0.2, 0.25) is 0 Å². The number of methoxy groups -OCH3 is 1. The van der Waals surface area contributed by atoms with E-state index in [4.69, 9.17) is 9.47 Å². The fourth-order valence-corrected chi connectivity index (χ4v) is 2.51. The lowest BCUT2D eigenvalue weighted by atomic mass is 10.3. The third-order valence-corrected chi connectivity index (χ3v) is 3.94. The van der Waals surface area contributed by atoms with Gasteiger partial charge < -0.3 is 20.1 Å². The van der Waals surface area contributed by atoms with Gasteiger partial charge in [0.05, 0.1) is 25.0 Å². The van der Waals surface area contributed by atoms with Crippen molar-refractivity contribution in [3.8, 4) is 11.4 Å². The second kappa shape index (κ2) is 12.0. The second-order valence-corrected chi connectivity index (χ2v) is 5.98. The molecule has 1 aromatic heterocycles. The summed E-state index contributed by atoms with van der Waals surface area (Å²) in [5.74, 6) is 1.64. The van der Waals surface area contributed by atoms with Crippen molar-refractivity contribution in [2.75, 3.05) is 33.4 Å². The van der Waals surface area contributed by atoms with E-state index in [9.17, 15) is 0 Å². The largest absolute Gasteiger partial charge is 0.497 e. The summed E-state index contributed by atoms with van der Waals surface area (Å²) >= 11 is 0. The molecule has 0 amide bonds. The predicted molar refractivity (Wildman–Crippen MR) is 109 cm³/mol. The molecule has 0 bridgehead atoms. The van der Waals surface area contributed by atoms with Gasteiger partial charge in [-0.25, -0.2) is 9.67 Å². The van der Waals surface area contributed by atoms with Crippen LogP contribution in [-0.4, -0.2) is 49.2 Å². The van der Waals surface area contributed by atoms with Gasteiger partial charge >= 0.3 is 0 Å². The van der Waals surface area contributed by atoms with Gasteiger partial charge in [-0.05, 0) is 57.0 Å². The van der Waals surface area contributed by atoms with Crippen molar-refractivity contribution in [1.82, 2.24) is 20.4 Å². The zero-order valence-electron chi connectivity index (χ0n) is 16.6. The summed E-state index contributed by atoms with van der Waals surface area (Å²) in [6.45, 7) is 7.89. The third kappa shape index (κ3) is 7.30. The molecule has 0 saturated carbocycles. The number of ether oxygens (including phenoxy) is 2. The van der Waals surface area contributed by atoms with Crippen molar-refractivity contribution in [2.24, 2.45) is 4.99 Å². The second-order valence-electron chi connectivity index (χ2n) is 5.98. The van der Waals surface area contributed by atoms with Gasteiger partial charge in [0.2, 0.25) is 0 Å². The Hall–Kier alpha value is -2.54. The molecule has 0 atom stereocenters. The molecule has 2 N–H and O–H groups in total. The van der Waals surface area contributed by atoms with Crippen LogP contribution < -0.4 is 15.4 Å². The average molecular weight is 374 g/mol. The fourth-order valence-electron chi connectivity index (χ4n) is 2.51. The monoisotopic (exact) mass is 373 g/mol. The maximum Gasteiger partial charge on any atom is 0.191 e. The minimum absolute atomic E-state index is 0.525. The highest BCUT2D eigenvalue weighted by molar-refractivity contribution is 5.79. The summed E-state index contributed by atoms with van der Waals surface area (Å²) in [6, 6.07) is 9.79. The molecule has 1 heterocycles. The van der Waals surface area contributed by atoms with Gasteiger partial charge in [-0.15, -0.1) is 0 Å². The Labute approximate surface area is 161 Å². The zero-order valence-corrected chi connectivity index (χ0v) is 16.6. The van der Waals surface area contributed by atoms with E-state index in [2.05, 4.69) is 27.6 Å². The molecule has 0 fully saturated rings. The Morgan fingerprint density at radius 3 is 2.63 bits per heavy atom. The molecule has 2 rings (SSSR count). The lowest BCUT2D eigenvalue weighted by molar-refractivity contribution is 0.143. The van der Waals surface area contributed by atoms with Gasteiger partial charge in [0.25, 0.3) is 0 Å². The van der Waals surface area contributed by atoms with E-state index in [1.807, 2.05) is 48.1 Å². The first-order valence-corrected chi connectivity index (χ1v) is 9.55. The summed E-state index contributed by atoms with van der Waals surface area (Å²) in [4.78, 5) is 4.62. The highest BCUT2D eigenvalue weighted by Crippen LogP contribution is 2.14. The van der Waals surface area contributed by atoms with Crippen LogP contribution in [0.4, 0.5) is 0 Å². The van der Waals surface area contributed by atoms with Crippen LogP contribution in [0.5, 0.6) is 5.75 Å². The van der Waals surface area contributed by atoms with E-state index in [0.717, 1.165) is 62.2 Å². The van der Waals surface area contributed by atoms with E-state index in [-0.39, 0.29) is 0 Å². The molecular weight excluding hydrogens is 342 g/mol. The molecule has 7 nitrogen and oxygen atoms in total. The predicted octanol–water partition coefficient (Wildman–Crippen LogP) is 2.75. The van der Waals surface area contributed by atoms with Crippen LogP contribution in [0.25, 0.3) is 5.69 Å². The highest BCUT2D eigenvalue weighted by Gasteiger charge is 2.03. The summed E-state index contributed by atoms with van der Waals surface area (Å²) in [5, 5.41) is 11.2. The Morgan fingerprint density at radius 2 is 1.93 bits per heavy atom. The van der Waals surface area contributed by atoms with Gasteiger partial charge in [0.1, 0.15) is 5.75 Å². The minimum Gasteiger partial charge on any atom is -0.497 e. The molecule has 148 valence electrons. The topological polar surface area (TPSA) is 72.7 Å². The van der Waals surface area contributed by atoms with Crippen molar-refractivity contribution in [3.05, 3.63) is 42.2 Å². The van der Waals surface area contributed by atoms with Crippen LogP contribution in [0.1, 0.15) is 32.4 Å². The minimum atomic E-state index is 0.525. The van der Waals surface area contributed by atoms with Crippen LogP contribution in [0.3, 0.4) is 0 Å². The Balaban J connectivity index is 1.86. The van der Waals surface area contributed by atoms with Gasteiger partial charge in [0.15, 0.2) is 5.96 Å². The SMILES string of the molecule is CCNC(=NCc1ccn(-c2ccc(OC)cc2)n1)NCCCCOCC. The van der Waals surface area contributed by atoms with Crippen molar-refractivity contribution in [1.29, 1.82) is 0 Å². The first-order valence-electron chi connectivity index (χ1n) is 9.55. The number of nitrogens with one attached hydrogen (secondary N) is 2. The van der Waals surface area contributed by atoms with E-state index >= 15 is 0 Å². The first kappa shape index (κ1) is 20.8. The lowest BCUT2D eigenvalue weighted by Gasteiger charge is -2.10. The lowest BCUT2D eigenvalue weighted by Crippen LogP contribution is -2.37. The quantitative estimate of drug-likeness (QED) is 0.360. The number of hydrogen-bond acceptors (Lipinski definition) is 4. The van der Waals surface area contributed by atoms with E-state index in [0.29, 0.717) is 6.54 Å². The Morgan fingerprint density at radius 1 is 1.11 bits per heavy atom. The molecule has 27 heavy (non-hydrogen) atoms. The number of aromatic nitrogens is 2. The summed E-state index contributed by atoms with van der Waals surface area (Å²) in [5.41, 5.74) is 1.91. The smallest absolute Gasteiger partial charge is 0.191 e. The molecule has 0 unspecified atom stereocenters. The fraction of sp³-hybridized carbons (Fsp3) is 0.500. The van der Waals surface area contributed by atoms with Crippen LogP contribution in [-0.2, 0) is 11.3 Å².